The fraction of sp³-hybridized carbons (Fsp3) is 0.261. The summed E-state index contributed by atoms with van der Waals surface area (Å²) in [6.45, 7) is 2.35. The first-order valence-electron chi connectivity index (χ1n) is 9.62. The Morgan fingerprint density at radius 1 is 1.00 bits per heavy atom. The van der Waals surface area contributed by atoms with Gasteiger partial charge in [0.2, 0.25) is 0 Å². The summed E-state index contributed by atoms with van der Waals surface area (Å²) in [5.74, 6) is -0.215. The Hall–Kier alpha value is -2.72. The van der Waals surface area contributed by atoms with Crippen molar-refractivity contribution in [3.63, 3.8) is 0 Å². The number of rotatable bonds is 3. The summed E-state index contributed by atoms with van der Waals surface area (Å²) >= 11 is 0. The number of halogens is 1. The summed E-state index contributed by atoms with van der Waals surface area (Å²) in [4.78, 5) is 10.2. The van der Waals surface area contributed by atoms with Gasteiger partial charge in [-0.3, -0.25) is 9.88 Å². The Kier molecular flexibility index (Phi) is 4.13. The molecular formula is C23H22FN3. The van der Waals surface area contributed by atoms with Gasteiger partial charge in [-0.2, -0.15) is 0 Å². The van der Waals surface area contributed by atoms with E-state index in [0.717, 1.165) is 29.8 Å². The van der Waals surface area contributed by atoms with Crippen LogP contribution >= 0.6 is 0 Å². The average molecular weight is 359 g/mol. The number of pyridine rings is 1. The van der Waals surface area contributed by atoms with Crippen LogP contribution in [0.1, 0.15) is 24.8 Å². The maximum atomic E-state index is 13.4. The van der Waals surface area contributed by atoms with E-state index in [1.807, 2.05) is 36.7 Å². The Morgan fingerprint density at radius 3 is 2.63 bits per heavy atom. The molecule has 4 heteroatoms. The van der Waals surface area contributed by atoms with Crippen molar-refractivity contribution in [1.29, 1.82) is 0 Å². The summed E-state index contributed by atoms with van der Waals surface area (Å²) in [6, 6.07) is 11.4. The van der Waals surface area contributed by atoms with Crippen LogP contribution in [-0.2, 0) is 0 Å². The number of benzene rings is 1. The molecule has 1 unspecified atom stereocenters. The lowest BCUT2D eigenvalue weighted by molar-refractivity contribution is 0.288. The minimum absolute atomic E-state index is 0.215. The summed E-state index contributed by atoms with van der Waals surface area (Å²) in [5.41, 5.74) is 7.01. The topological polar surface area (TPSA) is 31.9 Å². The number of aromatic nitrogens is 2. The number of hydrogen-bond donors (Lipinski definition) is 1. The second-order valence-corrected chi connectivity index (χ2v) is 7.38. The van der Waals surface area contributed by atoms with Crippen molar-refractivity contribution in [1.82, 2.24) is 14.9 Å². The Balaban J connectivity index is 1.65. The lowest BCUT2D eigenvalue weighted by atomic mass is 9.90. The van der Waals surface area contributed by atoms with Crippen molar-refractivity contribution in [3.8, 4) is 22.4 Å². The SMILES string of the molecule is Fc1ccc(-c2[nH]cc(C3=CC4CCCN4CC3)c2-c2ccncc2)cc1. The maximum absolute atomic E-state index is 13.4. The number of nitrogens with zero attached hydrogens (tertiary/aromatic N) is 2. The second-order valence-electron chi connectivity index (χ2n) is 7.38. The summed E-state index contributed by atoms with van der Waals surface area (Å²) in [6.07, 6.45) is 11.8. The zero-order chi connectivity index (χ0) is 18.2. The molecular weight excluding hydrogens is 337 g/mol. The van der Waals surface area contributed by atoms with E-state index >= 15 is 0 Å². The molecule has 27 heavy (non-hydrogen) atoms. The van der Waals surface area contributed by atoms with E-state index in [2.05, 4.69) is 27.1 Å². The van der Waals surface area contributed by atoms with Crippen molar-refractivity contribution >= 4 is 5.57 Å². The third-order valence-electron chi connectivity index (χ3n) is 5.80. The van der Waals surface area contributed by atoms with Crippen LogP contribution in [0.5, 0.6) is 0 Å². The Bertz CT molecular complexity index is 973. The van der Waals surface area contributed by atoms with Crippen molar-refractivity contribution < 1.29 is 4.39 Å². The monoisotopic (exact) mass is 359 g/mol. The average Bonchev–Trinajstić information content (AvgIpc) is 3.35. The molecule has 2 aromatic heterocycles. The molecule has 0 spiro atoms. The fourth-order valence-electron chi connectivity index (χ4n) is 4.46. The Morgan fingerprint density at radius 2 is 1.81 bits per heavy atom. The highest BCUT2D eigenvalue weighted by Crippen LogP contribution is 2.40. The number of H-pyrrole nitrogens is 1. The predicted octanol–water partition coefficient (Wildman–Crippen LogP) is 5.13. The number of hydrogen-bond acceptors (Lipinski definition) is 2. The summed E-state index contributed by atoms with van der Waals surface area (Å²) in [5, 5.41) is 0. The molecule has 0 amide bonds. The van der Waals surface area contributed by atoms with Gasteiger partial charge in [0.05, 0.1) is 5.69 Å². The first-order valence-corrected chi connectivity index (χ1v) is 9.62. The summed E-state index contributed by atoms with van der Waals surface area (Å²) in [7, 11) is 0. The van der Waals surface area contributed by atoms with Crippen LogP contribution in [0.15, 0.2) is 61.1 Å². The molecule has 2 aliphatic heterocycles. The zero-order valence-electron chi connectivity index (χ0n) is 15.2. The van der Waals surface area contributed by atoms with E-state index in [0.29, 0.717) is 6.04 Å². The number of nitrogens with one attached hydrogen (secondary N) is 1. The van der Waals surface area contributed by atoms with Crippen molar-refractivity contribution in [3.05, 3.63) is 72.4 Å². The molecule has 1 atom stereocenters. The van der Waals surface area contributed by atoms with Crippen molar-refractivity contribution in [2.45, 2.75) is 25.3 Å². The van der Waals surface area contributed by atoms with Crippen LogP contribution in [0.25, 0.3) is 28.0 Å². The van der Waals surface area contributed by atoms with E-state index in [9.17, 15) is 4.39 Å². The standard InChI is InChI=1S/C23H22FN3/c24-19-5-3-17(4-6-19)23-22(16-7-10-25-11-8-16)21(15-26-23)18-9-13-27-12-1-2-20(27)14-18/h3-8,10-11,14-15,20,26H,1-2,9,12-13H2. The van der Waals surface area contributed by atoms with Crippen LogP contribution in [0.4, 0.5) is 4.39 Å². The molecule has 4 heterocycles. The molecule has 0 radical (unpaired) electrons. The third-order valence-corrected chi connectivity index (χ3v) is 5.80. The van der Waals surface area contributed by atoms with Gasteiger partial charge in [-0.25, -0.2) is 4.39 Å². The maximum Gasteiger partial charge on any atom is 0.123 e. The minimum Gasteiger partial charge on any atom is -0.360 e. The molecule has 0 bridgehead atoms. The van der Waals surface area contributed by atoms with Gasteiger partial charge in [-0.1, -0.05) is 6.08 Å². The molecule has 1 fully saturated rings. The van der Waals surface area contributed by atoms with Crippen molar-refractivity contribution in [2.75, 3.05) is 13.1 Å². The largest absolute Gasteiger partial charge is 0.360 e. The molecule has 2 aliphatic rings. The predicted molar refractivity (Wildman–Crippen MR) is 107 cm³/mol. The van der Waals surface area contributed by atoms with Gasteiger partial charge in [0, 0.05) is 42.3 Å². The molecule has 1 aromatic carbocycles. The molecule has 0 aliphatic carbocycles. The van der Waals surface area contributed by atoms with Crippen LogP contribution in [-0.4, -0.2) is 34.0 Å². The quantitative estimate of drug-likeness (QED) is 0.703. The highest BCUT2D eigenvalue weighted by atomic mass is 19.1. The second kappa shape index (κ2) is 6.78. The van der Waals surface area contributed by atoms with Gasteiger partial charge in [-0.15, -0.1) is 0 Å². The van der Waals surface area contributed by atoms with E-state index < -0.39 is 0 Å². The van der Waals surface area contributed by atoms with Crippen LogP contribution in [0.3, 0.4) is 0 Å². The Labute approximate surface area is 158 Å². The van der Waals surface area contributed by atoms with Crippen LogP contribution < -0.4 is 0 Å². The molecule has 136 valence electrons. The van der Waals surface area contributed by atoms with Gasteiger partial charge in [-0.05, 0) is 78.9 Å². The van der Waals surface area contributed by atoms with Gasteiger partial charge in [0.25, 0.3) is 0 Å². The highest BCUT2D eigenvalue weighted by Gasteiger charge is 2.28. The zero-order valence-corrected chi connectivity index (χ0v) is 15.2. The molecule has 5 rings (SSSR count). The lowest BCUT2D eigenvalue weighted by Gasteiger charge is -2.28. The molecule has 1 N–H and O–H groups in total. The first-order chi connectivity index (χ1) is 13.3. The van der Waals surface area contributed by atoms with E-state index in [4.69, 9.17) is 0 Å². The van der Waals surface area contributed by atoms with Crippen molar-refractivity contribution in [2.24, 2.45) is 0 Å². The van der Waals surface area contributed by atoms with Crippen LogP contribution in [0, 0.1) is 5.82 Å². The van der Waals surface area contributed by atoms with Gasteiger partial charge < -0.3 is 4.98 Å². The van der Waals surface area contributed by atoms with E-state index in [1.165, 1.54) is 48.2 Å². The summed E-state index contributed by atoms with van der Waals surface area (Å²) < 4.78 is 13.4. The third kappa shape index (κ3) is 3.00. The van der Waals surface area contributed by atoms with Crippen LogP contribution in [0.2, 0.25) is 0 Å². The lowest BCUT2D eigenvalue weighted by Crippen LogP contribution is -2.32. The molecule has 1 saturated heterocycles. The normalized spacial score (nSPS) is 19.7. The van der Waals surface area contributed by atoms with Gasteiger partial charge in [0.1, 0.15) is 5.82 Å². The smallest absolute Gasteiger partial charge is 0.123 e. The first kappa shape index (κ1) is 16.5. The molecule has 0 saturated carbocycles. The number of fused-ring (bicyclic) bond motifs is 1. The fourth-order valence-corrected chi connectivity index (χ4v) is 4.46. The van der Waals surface area contributed by atoms with Gasteiger partial charge >= 0.3 is 0 Å². The van der Waals surface area contributed by atoms with E-state index in [1.54, 1.807) is 0 Å². The van der Waals surface area contributed by atoms with E-state index in [-0.39, 0.29) is 5.82 Å². The van der Waals surface area contributed by atoms with Gasteiger partial charge in [0.15, 0.2) is 0 Å². The number of aromatic amines is 1. The highest BCUT2D eigenvalue weighted by molar-refractivity contribution is 5.91. The molecule has 3 aromatic rings. The molecule has 3 nitrogen and oxygen atoms in total. The minimum atomic E-state index is -0.215.